The Morgan fingerprint density at radius 3 is 0.750 bits per heavy atom. The summed E-state index contributed by atoms with van der Waals surface area (Å²) in [4.78, 5) is 0. The third-order valence-electron chi connectivity index (χ3n) is 0. The summed E-state index contributed by atoms with van der Waals surface area (Å²) in [5.41, 5.74) is 0. The van der Waals surface area contributed by atoms with E-state index in [1.807, 2.05) is 0 Å². The topological polar surface area (TPSA) is 0 Å². The average Bonchev–Trinajstić information content (AvgIpc) is 0. The van der Waals surface area contributed by atoms with Crippen LogP contribution < -0.4 is 59.1 Å². The van der Waals surface area contributed by atoms with Crippen LogP contribution in [-0.4, -0.2) is 47.8 Å². The first-order chi connectivity index (χ1) is 0. The van der Waals surface area contributed by atoms with Crippen molar-refractivity contribution >= 4 is 47.8 Å². The Morgan fingerprint density at radius 1 is 0.750 bits per heavy atom. The molecule has 0 aliphatic rings. The molecular weight excluding hydrogens is 283 g/mol. The zero-order valence-corrected chi connectivity index (χ0v) is 13.7. The van der Waals surface area contributed by atoms with Crippen molar-refractivity contribution in [3.63, 3.8) is 0 Å². The van der Waals surface area contributed by atoms with Crippen molar-refractivity contribution in [1.82, 2.24) is 0 Å². The van der Waals surface area contributed by atoms with Crippen molar-refractivity contribution in [1.29, 1.82) is 0 Å². The molecule has 4 heavy (non-hydrogen) atoms. The third-order valence-corrected chi connectivity index (χ3v) is 0. The summed E-state index contributed by atoms with van der Waals surface area (Å²) in [5, 5.41) is 0. The van der Waals surface area contributed by atoms with E-state index in [1.54, 1.807) is 0 Å². The van der Waals surface area contributed by atoms with Gasteiger partial charge in [0.15, 0.2) is 0 Å². The van der Waals surface area contributed by atoms with Gasteiger partial charge in [-0.1, -0.05) is 0 Å². The summed E-state index contributed by atoms with van der Waals surface area (Å²) in [7, 11) is 0. The molecule has 0 saturated carbocycles. The fraction of sp³-hybridized carbons (Fsp3) is 0. The van der Waals surface area contributed by atoms with Crippen molar-refractivity contribution in [3.8, 4) is 0 Å². The van der Waals surface area contributed by atoms with Gasteiger partial charge in [-0.3, -0.25) is 0 Å². The van der Waals surface area contributed by atoms with Crippen LogP contribution in [0.15, 0.2) is 0 Å². The monoisotopic (exact) mass is 290 g/mol. The molecule has 0 unspecified atom stereocenters. The van der Waals surface area contributed by atoms with Gasteiger partial charge in [0, 0.05) is 0 Å². The molecule has 0 aromatic carbocycles. The molecular formula is H4Na2Sn2. The Balaban J connectivity index is 0. The molecule has 4 heteroatoms. The summed E-state index contributed by atoms with van der Waals surface area (Å²) >= 11 is 0. The normalized spacial score (nSPS) is 0. The molecule has 0 heterocycles. The van der Waals surface area contributed by atoms with Crippen LogP contribution in [0, 0.1) is 0 Å². The Bertz CT molecular complexity index is 9.51. The summed E-state index contributed by atoms with van der Waals surface area (Å²) in [5.74, 6) is 0. The van der Waals surface area contributed by atoms with Crippen LogP contribution in [0.4, 0.5) is 0 Å². The van der Waals surface area contributed by atoms with E-state index >= 15 is 0 Å². The Kier molecular flexibility index (Phi) is 102. The molecule has 0 aromatic heterocycles. The molecule has 6 radical (unpaired) electrons. The Labute approximate surface area is 107 Å². The standard InChI is InChI=1S/2Na.2Sn.4H/q2*+1;;;;;2*-1. The molecule has 0 atom stereocenters. The van der Waals surface area contributed by atoms with Crippen molar-refractivity contribution < 1.29 is 62.0 Å². The molecule has 0 rings (SSSR count). The van der Waals surface area contributed by atoms with Crippen LogP contribution in [0.5, 0.6) is 0 Å². The first kappa shape index (κ1) is 25.6. The second-order valence-electron chi connectivity index (χ2n) is 0. The van der Waals surface area contributed by atoms with Crippen LogP contribution >= 0.6 is 0 Å². The van der Waals surface area contributed by atoms with E-state index in [1.165, 1.54) is 0 Å². The Morgan fingerprint density at radius 2 is 0.750 bits per heavy atom. The van der Waals surface area contributed by atoms with Gasteiger partial charge in [-0.2, -0.15) is 0 Å². The van der Waals surface area contributed by atoms with E-state index in [0.29, 0.717) is 0 Å². The first-order valence-electron chi connectivity index (χ1n) is 0. The van der Waals surface area contributed by atoms with Gasteiger partial charge in [0.2, 0.25) is 0 Å². The van der Waals surface area contributed by atoms with E-state index in [2.05, 4.69) is 0 Å². The quantitative estimate of drug-likeness (QED) is 0.389. The van der Waals surface area contributed by atoms with Gasteiger partial charge >= 0.3 is 107 Å². The summed E-state index contributed by atoms with van der Waals surface area (Å²) in [6, 6.07) is 0. The van der Waals surface area contributed by atoms with E-state index in [9.17, 15) is 0 Å². The summed E-state index contributed by atoms with van der Waals surface area (Å²) < 4.78 is 0. The average molecular weight is 287 g/mol. The predicted molar refractivity (Wildman–Crippen MR) is 16.5 cm³/mol. The fourth-order valence-electron chi connectivity index (χ4n) is 0. The van der Waals surface area contributed by atoms with Gasteiger partial charge in [-0.05, 0) is 0 Å². The zero-order chi connectivity index (χ0) is 0. The SMILES string of the molecule is [H-].[H-].[Na+].[Na+].[SnH].[SnH]. The van der Waals surface area contributed by atoms with Gasteiger partial charge in [-0.25, -0.2) is 0 Å². The maximum atomic E-state index is 0. The maximum absolute atomic E-state index is 0. The second kappa shape index (κ2) is 16.0. The van der Waals surface area contributed by atoms with Gasteiger partial charge in [0.1, 0.15) is 0 Å². The number of hydrogen-bond donors (Lipinski definition) is 0. The molecule has 0 amide bonds. The van der Waals surface area contributed by atoms with Crippen LogP contribution in [0.3, 0.4) is 0 Å². The summed E-state index contributed by atoms with van der Waals surface area (Å²) in [6.07, 6.45) is 0. The molecule has 0 aliphatic heterocycles. The molecule has 0 fully saturated rings. The molecule has 0 N–H and O–H groups in total. The molecule has 0 spiro atoms. The fourth-order valence-corrected chi connectivity index (χ4v) is 0. The van der Waals surface area contributed by atoms with Gasteiger partial charge in [0.05, 0.1) is 0 Å². The molecule has 14 valence electrons. The van der Waals surface area contributed by atoms with Crippen LogP contribution in [0.25, 0.3) is 0 Å². The van der Waals surface area contributed by atoms with E-state index in [4.69, 9.17) is 0 Å². The van der Waals surface area contributed by atoms with E-state index in [0.717, 1.165) is 0 Å². The molecule has 0 nitrogen and oxygen atoms in total. The van der Waals surface area contributed by atoms with Crippen LogP contribution in [-0.2, 0) is 0 Å². The van der Waals surface area contributed by atoms with Crippen molar-refractivity contribution in [2.75, 3.05) is 0 Å². The first-order valence-corrected chi connectivity index (χ1v) is 0. The number of hydrogen-bond acceptors (Lipinski definition) is 0. The minimum atomic E-state index is 0. The minimum absolute atomic E-state index is 0. The molecule has 0 aliphatic carbocycles. The van der Waals surface area contributed by atoms with E-state index < -0.39 is 0 Å². The third kappa shape index (κ3) is 9.14. The van der Waals surface area contributed by atoms with Crippen LogP contribution in [0.2, 0.25) is 0 Å². The Hall–Kier alpha value is 3.60. The van der Waals surface area contributed by atoms with Gasteiger partial charge in [-0.15, -0.1) is 0 Å². The van der Waals surface area contributed by atoms with Crippen molar-refractivity contribution in [2.45, 2.75) is 0 Å². The zero-order valence-electron chi connectivity index (χ0n) is 5.15. The number of rotatable bonds is 0. The summed E-state index contributed by atoms with van der Waals surface area (Å²) in [6.45, 7) is 0. The van der Waals surface area contributed by atoms with Gasteiger partial charge in [0.25, 0.3) is 0 Å². The molecule has 0 aromatic rings. The van der Waals surface area contributed by atoms with Crippen molar-refractivity contribution in [3.05, 3.63) is 0 Å². The van der Waals surface area contributed by atoms with E-state index in [-0.39, 0.29) is 110 Å². The molecule has 0 saturated heterocycles. The van der Waals surface area contributed by atoms with Crippen LogP contribution in [0.1, 0.15) is 2.85 Å². The second-order valence-corrected chi connectivity index (χ2v) is 0. The van der Waals surface area contributed by atoms with Gasteiger partial charge < -0.3 is 2.85 Å². The molecule has 0 bridgehead atoms. The predicted octanol–water partition coefficient (Wildman–Crippen LogP) is -7.06. The van der Waals surface area contributed by atoms with Crippen molar-refractivity contribution in [2.24, 2.45) is 0 Å².